The maximum absolute atomic E-state index is 11.9. The van der Waals surface area contributed by atoms with E-state index in [0.717, 1.165) is 23.3 Å². The van der Waals surface area contributed by atoms with E-state index in [9.17, 15) is 4.79 Å². The van der Waals surface area contributed by atoms with Crippen LogP contribution < -0.4 is 11.1 Å². The van der Waals surface area contributed by atoms with Gasteiger partial charge in [0.2, 0.25) is 11.9 Å². The number of anilines is 1. The van der Waals surface area contributed by atoms with E-state index in [2.05, 4.69) is 15.4 Å². The minimum absolute atomic E-state index is 0.0831. The zero-order valence-corrected chi connectivity index (χ0v) is 11.8. The van der Waals surface area contributed by atoms with Crippen LogP contribution in [-0.4, -0.2) is 31.3 Å². The maximum Gasteiger partial charge on any atom is 0.240 e. The molecule has 0 atom stereocenters. The van der Waals surface area contributed by atoms with Crippen molar-refractivity contribution in [1.82, 2.24) is 24.6 Å². The van der Waals surface area contributed by atoms with Crippen LogP contribution >= 0.6 is 0 Å². The van der Waals surface area contributed by atoms with E-state index in [0.29, 0.717) is 5.95 Å². The van der Waals surface area contributed by atoms with Gasteiger partial charge in [-0.2, -0.15) is 5.10 Å². The summed E-state index contributed by atoms with van der Waals surface area (Å²) in [7, 11) is 1.83. The summed E-state index contributed by atoms with van der Waals surface area (Å²) in [5, 5.41) is 7.22. The predicted octanol–water partition coefficient (Wildman–Crippen LogP) is 0.439. The van der Waals surface area contributed by atoms with Crippen molar-refractivity contribution in [2.24, 2.45) is 7.05 Å². The van der Waals surface area contributed by atoms with Crippen LogP contribution in [0, 0.1) is 0 Å². The van der Waals surface area contributed by atoms with Crippen LogP contribution in [0.25, 0.3) is 11.2 Å². The number of fused-ring (bicyclic) bond motifs is 1. The number of carbonyl (C=O) groups is 1. The number of nitrogens with one attached hydrogen (secondary N) is 1. The Balaban J connectivity index is 2.40. The Morgan fingerprint density at radius 1 is 1.47 bits per heavy atom. The number of imidazole rings is 1. The van der Waals surface area contributed by atoms with Crippen LogP contribution in [0.5, 0.6) is 0 Å². The van der Waals surface area contributed by atoms with E-state index in [1.54, 1.807) is 9.25 Å². The van der Waals surface area contributed by atoms with Crippen LogP contribution in [-0.2, 0) is 24.8 Å². The average molecular weight is 264 g/mol. The molecule has 3 N–H and O–H groups in total. The lowest BCUT2D eigenvalue weighted by molar-refractivity contribution is -0.122. The smallest absolute Gasteiger partial charge is 0.240 e. The van der Waals surface area contributed by atoms with E-state index in [-0.39, 0.29) is 18.5 Å². The number of nitrogen functional groups attached to an aromatic ring is 1. The zero-order valence-electron chi connectivity index (χ0n) is 11.8. The molecule has 2 heterocycles. The van der Waals surface area contributed by atoms with Gasteiger partial charge in [-0.15, -0.1) is 0 Å². The Bertz CT molecular complexity index is 609. The maximum atomic E-state index is 11.9. The minimum atomic E-state index is -0.0831. The molecule has 0 fully saturated rings. The second-order valence-electron chi connectivity index (χ2n) is 4.87. The van der Waals surface area contributed by atoms with Crippen molar-refractivity contribution in [2.75, 3.05) is 5.73 Å². The molecule has 104 valence electrons. The van der Waals surface area contributed by atoms with Crippen molar-refractivity contribution < 1.29 is 4.79 Å². The first kappa shape index (κ1) is 13.4. The van der Waals surface area contributed by atoms with Crippen molar-refractivity contribution in [3.05, 3.63) is 5.69 Å². The highest BCUT2D eigenvalue weighted by Gasteiger charge is 2.18. The summed E-state index contributed by atoms with van der Waals surface area (Å²) in [5.41, 5.74) is 8.36. The van der Waals surface area contributed by atoms with E-state index in [1.165, 1.54) is 0 Å². The summed E-state index contributed by atoms with van der Waals surface area (Å²) in [5.74, 6) is 0.261. The molecule has 0 saturated heterocycles. The Kier molecular flexibility index (Phi) is 3.46. The lowest BCUT2D eigenvalue weighted by Crippen LogP contribution is -2.33. The van der Waals surface area contributed by atoms with Crippen molar-refractivity contribution >= 4 is 23.0 Å². The highest BCUT2D eigenvalue weighted by molar-refractivity contribution is 5.82. The first-order valence-corrected chi connectivity index (χ1v) is 6.41. The topological polar surface area (TPSA) is 90.8 Å². The largest absolute Gasteiger partial charge is 0.369 e. The fourth-order valence-corrected chi connectivity index (χ4v) is 2.16. The third-order valence-corrected chi connectivity index (χ3v) is 2.91. The molecule has 0 spiro atoms. The highest BCUT2D eigenvalue weighted by atomic mass is 16.2. The van der Waals surface area contributed by atoms with Crippen molar-refractivity contribution in [1.29, 1.82) is 0 Å². The second kappa shape index (κ2) is 4.91. The number of nitrogens with two attached hydrogens (primary N) is 1. The van der Waals surface area contributed by atoms with Gasteiger partial charge in [0.1, 0.15) is 12.1 Å². The highest BCUT2D eigenvalue weighted by Crippen LogP contribution is 2.20. The molecular formula is C12H20N6O. The number of hydrogen-bond donors (Lipinski definition) is 2. The molecule has 2 aromatic rings. The molecule has 0 saturated carbocycles. The van der Waals surface area contributed by atoms with Gasteiger partial charge < -0.3 is 11.1 Å². The van der Waals surface area contributed by atoms with Gasteiger partial charge in [0, 0.05) is 13.1 Å². The van der Waals surface area contributed by atoms with Gasteiger partial charge in [-0.25, -0.2) is 4.98 Å². The quantitative estimate of drug-likeness (QED) is 0.838. The van der Waals surface area contributed by atoms with Crippen LogP contribution in [0.4, 0.5) is 5.95 Å². The molecule has 2 rings (SSSR count). The Labute approximate surface area is 111 Å². The molecule has 0 aliphatic rings. The molecule has 19 heavy (non-hydrogen) atoms. The zero-order chi connectivity index (χ0) is 14.2. The lowest BCUT2D eigenvalue weighted by Gasteiger charge is -2.10. The first-order valence-electron chi connectivity index (χ1n) is 6.41. The lowest BCUT2D eigenvalue weighted by atomic mass is 10.3. The number of amides is 1. The molecule has 1 amide bonds. The van der Waals surface area contributed by atoms with Crippen LogP contribution in [0.3, 0.4) is 0 Å². The number of aryl methyl sites for hydroxylation is 2. The number of aromatic nitrogens is 4. The normalized spacial score (nSPS) is 11.4. The fraction of sp³-hybridized carbons (Fsp3) is 0.583. The van der Waals surface area contributed by atoms with Gasteiger partial charge in [-0.3, -0.25) is 14.0 Å². The first-order chi connectivity index (χ1) is 8.93. The molecule has 0 aliphatic carbocycles. The van der Waals surface area contributed by atoms with Crippen molar-refractivity contribution in [3.63, 3.8) is 0 Å². The molecule has 7 nitrogen and oxygen atoms in total. The number of nitrogens with zero attached hydrogens (tertiary/aromatic N) is 4. The summed E-state index contributed by atoms with van der Waals surface area (Å²) in [6, 6.07) is 0.102. The fourth-order valence-electron chi connectivity index (χ4n) is 2.16. The number of hydrogen-bond acceptors (Lipinski definition) is 4. The Morgan fingerprint density at radius 3 is 2.74 bits per heavy atom. The van der Waals surface area contributed by atoms with E-state index in [4.69, 9.17) is 5.73 Å². The molecule has 0 radical (unpaired) electrons. The summed E-state index contributed by atoms with van der Waals surface area (Å²) >= 11 is 0. The van der Waals surface area contributed by atoms with E-state index < -0.39 is 0 Å². The van der Waals surface area contributed by atoms with Gasteiger partial charge in [-0.05, 0) is 20.3 Å². The molecular weight excluding hydrogens is 244 g/mol. The van der Waals surface area contributed by atoms with E-state index in [1.807, 2.05) is 27.8 Å². The third kappa shape index (κ3) is 2.40. The number of carbonyl (C=O) groups excluding carboxylic acids is 1. The van der Waals surface area contributed by atoms with Gasteiger partial charge in [0.25, 0.3) is 0 Å². The van der Waals surface area contributed by atoms with Crippen LogP contribution in [0.1, 0.15) is 26.5 Å². The summed E-state index contributed by atoms with van der Waals surface area (Å²) in [4.78, 5) is 16.2. The molecule has 0 bridgehead atoms. The van der Waals surface area contributed by atoms with Gasteiger partial charge in [0.05, 0.1) is 5.69 Å². The second-order valence-corrected chi connectivity index (χ2v) is 4.87. The molecule has 0 aromatic carbocycles. The van der Waals surface area contributed by atoms with Crippen LogP contribution in [0.15, 0.2) is 0 Å². The summed E-state index contributed by atoms with van der Waals surface area (Å²) < 4.78 is 3.42. The summed E-state index contributed by atoms with van der Waals surface area (Å²) in [6.45, 7) is 6.01. The predicted molar refractivity (Wildman–Crippen MR) is 73.6 cm³/mol. The molecule has 2 aromatic heterocycles. The minimum Gasteiger partial charge on any atom is -0.369 e. The molecule has 7 heteroatoms. The number of rotatable bonds is 4. The van der Waals surface area contributed by atoms with Crippen molar-refractivity contribution in [2.45, 2.75) is 39.8 Å². The Morgan fingerprint density at radius 2 is 2.16 bits per heavy atom. The van der Waals surface area contributed by atoms with Crippen molar-refractivity contribution in [3.8, 4) is 0 Å². The SMILES string of the molecule is CCc1nn(C)c2c1nc(N)n2CC(=O)NC(C)C. The molecule has 0 unspecified atom stereocenters. The average Bonchev–Trinajstić information content (AvgIpc) is 2.77. The standard InChI is InChI=1S/C12H20N6O/c1-5-8-10-11(17(4)16-8)18(12(13)15-10)6-9(19)14-7(2)3/h7H,5-6H2,1-4H3,(H2,13,15)(H,14,19). The molecule has 0 aliphatic heterocycles. The van der Waals surface area contributed by atoms with Gasteiger partial charge in [-0.1, -0.05) is 6.92 Å². The Hall–Kier alpha value is -2.05. The van der Waals surface area contributed by atoms with Crippen LogP contribution in [0.2, 0.25) is 0 Å². The third-order valence-electron chi connectivity index (χ3n) is 2.91. The van der Waals surface area contributed by atoms with Gasteiger partial charge >= 0.3 is 0 Å². The summed E-state index contributed by atoms with van der Waals surface area (Å²) in [6.07, 6.45) is 0.784. The monoisotopic (exact) mass is 264 g/mol. The van der Waals surface area contributed by atoms with E-state index >= 15 is 0 Å². The van der Waals surface area contributed by atoms with Gasteiger partial charge in [0.15, 0.2) is 5.65 Å².